The third kappa shape index (κ3) is 5.72. The molecule has 6 rings (SSSR count). The zero-order chi connectivity index (χ0) is 27.6. The van der Waals surface area contributed by atoms with Crippen molar-refractivity contribution in [3.63, 3.8) is 0 Å². The number of benzene rings is 1. The summed E-state index contributed by atoms with van der Waals surface area (Å²) in [4.78, 5) is 48.4. The number of carbonyl (C=O) groups excluding carboxylic acids is 2. The Labute approximate surface area is 237 Å². The van der Waals surface area contributed by atoms with Crippen molar-refractivity contribution in [1.29, 1.82) is 0 Å². The number of nitrogens with one attached hydrogen (secondary N) is 2. The molecule has 208 valence electrons. The van der Waals surface area contributed by atoms with Gasteiger partial charge in [-0.25, -0.2) is 9.78 Å². The average Bonchev–Trinajstić information content (AvgIpc) is 3.31. The number of aromatic nitrogens is 2. The Kier molecular flexibility index (Phi) is 7.51. The SMILES string of the molecule is O=C(O)CC(CC1CCCC1)C(=O)N(c1nc(-c2ccccc2-c2ccc(C3CNC(=O)N3)nc2)cs1)C1CC1. The number of carbonyl (C=O) groups is 3. The maximum atomic E-state index is 13.8. The number of anilines is 1. The van der Waals surface area contributed by atoms with Crippen LogP contribution in [0.4, 0.5) is 9.93 Å². The Morgan fingerprint density at radius 1 is 1.07 bits per heavy atom. The molecule has 1 aliphatic heterocycles. The van der Waals surface area contributed by atoms with Gasteiger partial charge in [-0.2, -0.15) is 0 Å². The molecular formula is C30H33N5O4S. The van der Waals surface area contributed by atoms with Crippen LogP contribution in [0.5, 0.6) is 0 Å². The van der Waals surface area contributed by atoms with Crippen LogP contribution in [0.15, 0.2) is 48.0 Å². The number of carboxylic acid groups (broad SMARTS) is 1. The number of hydrogen-bond donors (Lipinski definition) is 3. The normalized spacial score (nSPS) is 19.7. The van der Waals surface area contributed by atoms with Crippen LogP contribution in [0.1, 0.15) is 63.1 Å². The molecule has 2 saturated carbocycles. The van der Waals surface area contributed by atoms with E-state index in [2.05, 4.69) is 15.6 Å². The molecular weight excluding hydrogens is 526 g/mol. The minimum Gasteiger partial charge on any atom is -0.481 e. The molecule has 2 aliphatic carbocycles. The topological polar surface area (TPSA) is 125 Å². The maximum absolute atomic E-state index is 13.8. The molecule has 40 heavy (non-hydrogen) atoms. The van der Waals surface area contributed by atoms with Gasteiger partial charge in [-0.15, -0.1) is 11.3 Å². The van der Waals surface area contributed by atoms with Crippen LogP contribution in [0, 0.1) is 11.8 Å². The van der Waals surface area contributed by atoms with Crippen molar-refractivity contribution in [2.75, 3.05) is 11.4 Å². The Bertz CT molecular complexity index is 1400. The number of hydrogen-bond acceptors (Lipinski definition) is 6. The first kappa shape index (κ1) is 26.4. The summed E-state index contributed by atoms with van der Waals surface area (Å²) in [6, 6.07) is 11.7. The molecule has 1 aromatic carbocycles. The lowest BCUT2D eigenvalue weighted by atomic mass is 9.90. The van der Waals surface area contributed by atoms with Crippen LogP contribution in [0.2, 0.25) is 0 Å². The van der Waals surface area contributed by atoms with Gasteiger partial charge in [0.2, 0.25) is 5.91 Å². The maximum Gasteiger partial charge on any atom is 0.315 e. The number of aliphatic carboxylic acids is 1. The lowest BCUT2D eigenvalue weighted by molar-refractivity contribution is -0.141. The molecule has 3 N–H and O–H groups in total. The van der Waals surface area contributed by atoms with Crippen LogP contribution in [0.3, 0.4) is 0 Å². The first-order valence-corrected chi connectivity index (χ1v) is 14.9. The van der Waals surface area contributed by atoms with Crippen LogP contribution in [-0.4, -0.2) is 45.6 Å². The van der Waals surface area contributed by atoms with Crippen molar-refractivity contribution in [1.82, 2.24) is 20.6 Å². The molecule has 1 saturated heterocycles. The van der Waals surface area contributed by atoms with Gasteiger partial charge in [-0.05, 0) is 36.8 Å². The molecule has 10 heteroatoms. The number of amides is 3. The highest BCUT2D eigenvalue weighted by molar-refractivity contribution is 7.14. The quantitative estimate of drug-likeness (QED) is 0.306. The van der Waals surface area contributed by atoms with E-state index in [4.69, 9.17) is 4.98 Å². The van der Waals surface area contributed by atoms with E-state index < -0.39 is 11.9 Å². The molecule has 2 unspecified atom stereocenters. The molecule has 2 aromatic heterocycles. The molecule has 3 aliphatic rings. The minimum atomic E-state index is -0.924. The van der Waals surface area contributed by atoms with E-state index in [9.17, 15) is 19.5 Å². The smallest absolute Gasteiger partial charge is 0.315 e. The van der Waals surface area contributed by atoms with Crippen molar-refractivity contribution < 1.29 is 19.5 Å². The van der Waals surface area contributed by atoms with Crippen molar-refractivity contribution in [3.8, 4) is 22.4 Å². The molecule has 0 radical (unpaired) electrons. The molecule has 0 spiro atoms. The summed E-state index contributed by atoms with van der Waals surface area (Å²) in [5.41, 5.74) is 4.41. The fourth-order valence-corrected chi connectivity index (χ4v) is 6.85. The largest absolute Gasteiger partial charge is 0.481 e. The van der Waals surface area contributed by atoms with Gasteiger partial charge in [0.05, 0.1) is 23.9 Å². The third-order valence-corrected chi connectivity index (χ3v) is 8.98. The van der Waals surface area contributed by atoms with Crippen LogP contribution in [-0.2, 0) is 9.59 Å². The van der Waals surface area contributed by atoms with Gasteiger partial charge in [0.25, 0.3) is 0 Å². The predicted octanol–water partition coefficient (Wildman–Crippen LogP) is 5.39. The Hall–Kier alpha value is -3.79. The third-order valence-electron chi connectivity index (χ3n) is 8.14. The molecule has 3 amide bonds. The standard InChI is InChI=1S/C30H33N5O4S/c36-27(37)14-20(13-18-5-1-2-6-18)28(38)35(21-10-11-21)30-34-26(17-40-30)23-8-4-3-7-22(23)19-9-12-24(31-15-19)25-16-32-29(39)33-25/h3-4,7-9,12,15,17-18,20-21,25H,1-2,5-6,10-11,13-14,16H2,(H,36,37)(H2,32,33,39). The summed E-state index contributed by atoms with van der Waals surface area (Å²) in [7, 11) is 0. The number of thiazole rings is 1. The fourth-order valence-electron chi connectivity index (χ4n) is 5.95. The molecule has 3 aromatic rings. The first-order chi connectivity index (χ1) is 19.5. The van der Waals surface area contributed by atoms with E-state index in [0.717, 1.165) is 66.6 Å². The van der Waals surface area contributed by atoms with Crippen LogP contribution >= 0.6 is 11.3 Å². The summed E-state index contributed by atoms with van der Waals surface area (Å²) < 4.78 is 0. The molecule has 3 fully saturated rings. The highest BCUT2D eigenvalue weighted by Gasteiger charge is 2.40. The number of urea groups is 1. The van der Waals surface area contributed by atoms with Crippen molar-refractivity contribution >= 4 is 34.4 Å². The molecule has 9 nitrogen and oxygen atoms in total. The molecule has 2 atom stereocenters. The number of nitrogens with zero attached hydrogens (tertiary/aromatic N) is 3. The second kappa shape index (κ2) is 11.4. The average molecular weight is 560 g/mol. The summed E-state index contributed by atoms with van der Waals surface area (Å²) in [5.74, 6) is -1.12. The summed E-state index contributed by atoms with van der Waals surface area (Å²) in [6.45, 7) is 0.508. The molecule has 0 bridgehead atoms. The van der Waals surface area contributed by atoms with E-state index in [1.54, 1.807) is 4.90 Å². The minimum absolute atomic E-state index is 0.0870. The number of rotatable bonds is 10. The zero-order valence-electron chi connectivity index (χ0n) is 22.2. The highest BCUT2D eigenvalue weighted by atomic mass is 32.1. The van der Waals surface area contributed by atoms with E-state index in [1.165, 1.54) is 11.3 Å². The Balaban J connectivity index is 1.25. The van der Waals surface area contributed by atoms with E-state index >= 15 is 0 Å². The zero-order valence-corrected chi connectivity index (χ0v) is 23.0. The van der Waals surface area contributed by atoms with Gasteiger partial charge in [-0.1, -0.05) is 56.0 Å². The van der Waals surface area contributed by atoms with Crippen molar-refractivity contribution in [3.05, 3.63) is 53.7 Å². The van der Waals surface area contributed by atoms with E-state index in [1.807, 2.05) is 48.0 Å². The van der Waals surface area contributed by atoms with Crippen molar-refractivity contribution in [2.45, 2.75) is 63.5 Å². The molecule has 3 heterocycles. The van der Waals surface area contributed by atoms with Crippen LogP contribution in [0.25, 0.3) is 22.4 Å². The second-order valence-corrected chi connectivity index (χ2v) is 11.9. The van der Waals surface area contributed by atoms with Crippen molar-refractivity contribution in [2.24, 2.45) is 11.8 Å². The summed E-state index contributed by atoms with van der Waals surface area (Å²) in [6.07, 6.45) is 8.61. The first-order valence-electron chi connectivity index (χ1n) is 14.1. The van der Waals surface area contributed by atoms with Gasteiger partial charge >= 0.3 is 12.0 Å². The van der Waals surface area contributed by atoms with E-state index in [-0.39, 0.29) is 30.4 Å². The van der Waals surface area contributed by atoms with Gasteiger partial charge in [0, 0.05) is 41.2 Å². The predicted molar refractivity (Wildman–Crippen MR) is 153 cm³/mol. The number of pyridine rings is 1. The summed E-state index contributed by atoms with van der Waals surface area (Å²) in [5, 5.41) is 17.8. The van der Waals surface area contributed by atoms with Gasteiger partial charge in [-0.3, -0.25) is 19.5 Å². The second-order valence-electron chi connectivity index (χ2n) is 11.1. The number of carboxylic acids is 1. The Morgan fingerprint density at radius 3 is 2.50 bits per heavy atom. The summed E-state index contributed by atoms with van der Waals surface area (Å²) >= 11 is 1.44. The lowest BCUT2D eigenvalue weighted by Gasteiger charge is -2.26. The van der Waals surface area contributed by atoms with Gasteiger partial charge in [0.15, 0.2) is 5.13 Å². The highest BCUT2D eigenvalue weighted by Crippen LogP contribution is 2.40. The lowest BCUT2D eigenvalue weighted by Crippen LogP contribution is -2.39. The van der Waals surface area contributed by atoms with Gasteiger partial charge in [0.1, 0.15) is 0 Å². The monoisotopic (exact) mass is 559 g/mol. The van der Waals surface area contributed by atoms with E-state index in [0.29, 0.717) is 24.0 Å². The fraction of sp³-hybridized carbons (Fsp3) is 0.433. The Morgan fingerprint density at radius 2 is 1.85 bits per heavy atom. The van der Waals surface area contributed by atoms with Gasteiger partial charge < -0.3 is 15.7 Å². The van der Waals surface area contributed by atoms with Crippen LogP contribution < -0.4 is 15.5 Å².